The van der Waals surface area contributed by atoms with Crippen molar-refractivity contribution < 1.29 is 14.6 Å². The Labute approximate surface area is 166 Å². The van der Waals surface area contributed by atoms with E-state index < -0.39 is 5.97 Å². The minimum Gasteiger partial charge on any atom is -0.480 e. The maximum Gasteiger partial charge on any atom is 0.323 e. The van der Waals surface area contributed by atoms with Gasteiger partial charge in [0, 0.05) is 23.0 Å². The Balaban J connectivity index is 1.97. The predicted molar refractivity (Wildman–Crippen MR) is 107 cm³/mol. The lowest BCUT2D eigenvalue weighted by Gasteiger charge is -2.09. The lowest BCUT2D eigenvalue weighted by atomic mass is 10.1. The lowest BCUT2D eigenvalue weighted by molar-refractivity contribution is -0.137. The molecule has 0 fully saturated rings. The van der Waals surface area contributed by atoms with Crippen LogP contribution in [-0.4, -0.2) is 25.6 Å². The number of halogens is 1. The first kappa shape index (κ1) is 18.0. The Morgan fingerprint density at radius 3 is 2.64 bits per heavy atom. The van der Waals surface area contributed by atoms with E-state index in [-0.39, 0.29) is 6.54 Å². The van der Waals surface area contributed by atoms with Gasteiger partial charge in [-0.25, -0.2) is 0 Å². The van der Waals surface area contributed by atoms with Crippen LogP contribution in [0.25, 0.3) is 22.2 Å². The fraction of sp³-hybridized carbons (Fsp3) is 0.0952. The molecule has 0 unspecified atom stereocenters. The predicted octanol–water partition coefficient (Wildman–Crippen LogP) is 4.94. The monoisotopic (exact) mass is 393 g/mol. The van der Waals surface area contributed by atoms with Gasteiger partial charge in [0.25, 0.3) is 0 Å². The fourth-order valence-electron chi connectivity index (χ4n) is 3.22. The largest absolute Gasteiger partial charge is 0.480 e. The second-order valence-corrected chi connectivity index (χ2v) is 6.68. The topological polar surface area (TPSA) is 77.2 Å². The first-order valence-corrected chi connectivity index (χ1v) is 8.96. The third kappa shape index (κ3) is 3.30. The molecular formula is C21H16ClN3O3. The van der Waals surface area contributed by atoms with Crippen molar-refractivity contribution in [1.82, 2.24) is 14.5 Å². The number of carbonyl (C=O) groups is 1. The molecule has 0 aliphatic heterocycles. The summed E-state index contributed by atoms with van der Waals surface area (Å²) in [5, 5.41) is 10.8. The van der Waals surface area contributed by atoms with E-state index in [1.54, 1.807) is 47.4 Å². The molecule has 7 heteroatoms. The number of aliphatic carboxylic acids is 1. The molecule has 28 heavy (non-hydrogen) atoms. The van der Waals surface area contributed by atoms with E-state index in [1.165, 1.54) is 0 Å². The van der Waals surface area contributed by atoms with E-state index in [0.29, 0.717) is 27.9 Å². The number of nitrogens with zero attached hydrogens (tertiary/aromatic N) is 3. The summed E-state index contributed by atoms with van der Waals surface area (Å²) in [5.41, 5.74) is 2.97. The van der Waals surface area contributed by atoms with Crippen LogP contribution in [0.1, 0.15) is 5.69 Å². The van der Waals surface area contributed by atoms with Gasteiger partial charge in [-0.2, -0.15) is 0 Å². The maximum atomic E-state index is 11.4. The van der Waals surface area contributed by atoms with Gasteiger partial charge in [0.1, 0.15) is 12.3 Å². The van der Waals surface area contributed by atoms with Gasteiger partial charge in [0.2, 0.25) is 0 Å². The van der Waals surface area contributed by atoms with Crippen LogP contribution in [0.4, 0.5) is 0 Å². The number of aromatic nitrogens is 3. The van der Waals surface area contributed by atoms with Crippen LogP contribution in [-0.2, 0) is 11.3 Å². The van der Waals surface area contributed by atoms with Crippen LogP contribution in [0.5, 0.6) is 11.5 Å². The number of ether oxygens (including phenoxy) is 1. The number of hydrogen-bond acceptors (Lipinski definition) is 4. The molecule has 0 aliphatic rings. The van der Waals surface area contributed by atoms with Crippen molar-refractivity contribution in [1.29, 1.82) is 0 Å². The number of rotatable bonds is 5. The molecule has 0 bridgehead atoms. The molecular weight excluding hydrogens is 378 g/mol. The van der Waals surface area contributed by atoms with Crippen molar-refractivity contribution in [2.75, 3.05) is 0 Å². The van der Waals surface area contributed by atoms with Crippen LogP contribution in [0.3, 0.4) is 0 Å². The summed E-state index contributed by atoms with van der Waals surface area (Å²) in [6, 6.07) is 12.7. The second-order valence-electron chi connectivity index (χ2n) is 6.24. The summed E-state index contributed by atoms with van der Waals surface area (Å²) in [6.45, 7) is 1.67. The Bertz CT molecular complexity index is 1160. The molecule has 0 radical (unpaired) electrons. The number of fused-ring (bicyclic) bond motifs is 1. The zero-order valence-electron chi connectivity index (χ0n) is 15.0. The van der Waals surface area contributed by atoms with Gasteiger partial charge in [0.15, 0.2) is 5.75 Å². The highest BCUT2D eigenvalue weighted by Crippen LogP contribution is 2.41. The first-order valence-electron chi connectivity index (χ1n) is 8.58. The van der Waals surface area contributed by atoms with Gasteiger partial charge >= 0.3 is 5.97 Å². The van der Waals surface area contributed by atoms with Crippen LogP contribution < -0.4 is 4.74 Å². The van der Waals surface area contributed by atoms with E-state index >= 15 is 0 Å². The third-order valence-electron chi connectivity index (χ3n) is 4.46. The molecule has 0 saturated heterocycles. The van der Waals surface area contributed by atoms with Crippen LogP contribution >= 0.6 is 11.6 Å². The number of hydrogen-bond donors (Lipinski definition) is 1. The van der Waals surface area contributed by atoms with Gasteiger partial charge in [-0.05, 0) is 37.3 Å². The summed E-state index contributed by atoms with van der Waals surface area (Å²) in [5.74, 6) is 0.263. The molecule has 4 rings (SSSR count). The van der Waals surface area contributed by atoms with E-state index in [9.17, 15) is 9.90 Å². The molecule has 140 valence electrons. The minimum absolute atomic E-state index is 0.170. The number of carboxylic acid groups (broad SMARTS) is 1. The highest BCUT2D eigenvalue weighted by Gasteiger charge is 2.21. The van der Waals surface area contributed by atoms with Crippen molar-refractivity contribution in [3.8, 4) is 22.8 Å². The Kier molecular flexibility index (Phi) is 4.71. The molecule has 2 aromatic carbocycles. The Hall–Kier alpha value is -3.38. The lowest BCUT2D eigenvalue weighted by Crippen LogP contribution is -2.09. The summed E-state index contributed by atoms with van der Waals surface area (Å²) < 4.78 is 7.91. The third-order valence-corrected chi connectivity index (χ3v) is 4.71. The van der Waals surface area contributed by atoms with E-state index in [1.807, 2.05) is 25.1 Å². The van der Waals surface area contributed by atoms with Gasteiger partial charge in [-0.1, -0.05) is 23.7 Å². The molecule has 0 amide bonds. The van der Waals surface area contributed by atoms with Crippen LogP contribution in [0.15, 0.2) is 61.1 Å². The SMILES string of the molecule is Cc1c(Oc2ccc(Cl)cc2)c2c(-c3cnccn3)cccc2n1CC(=O)O. The van der Waals surface area contributed by atoms with Gasteiger partial charge in [-0.3, -0.25) is 14.8 Å². The molecule has 0 aliphatic carbocycles. The van der Waals surface area contributed by atoms with Crippen molar-refractivity contribution >= 4 is 28.5 Å². The second kappa shape index (κ2) is 7.32. The molecule has 0 atom stereocenters. The summed E-state index contributed by atoms with van der Waals surface area (Å²) in [6.07, 6.45) is 4.90. The number of benzene rings is 2. The van der Waals surface area contributed by atoms with E-state index in [0.717, 1.165) is 16.5 Å². The highest BCUT2D eigenvalue weighted by atomic mass is 35.5. The fourth-order valence-corrected chi connectivity index (χ4v) is 3.35. The van der Waals surface area contributed by atoms with Gasteiger partial charge < -0.3 is 14.4 Å². The summed E-state index contributed by atoms with van der Waals surface area (Å²) in [4.78, 5) is 20.0. The smallest absolute Gasteiger partial charge is 0.323 e. The normalized spacial score (nSPS) is 10.9. The van der Waals surface area contributed by atoms with Crippen molar-refractivity contribution in [3.63, 3.8) is 0 Å². The standard InChI is InChI=1S/C21H16ClN3O3/c1-13-21(28-15-7-5-14(22)6-8-15)20-16(17-11-23-9-10-24-17)3-2-4-18(20)25(13)12-19(26)27/h2-11H,12H2,1H3,(H,26,27). The van der Waals surface area contributed by atoms with Crippen molar-refractivity contribution in [2.45, 2.75) is 13.5 Å². The Morgan fingerprint density at radius 2 is 1.96 bits per heavy atom. The summed E-state index contributed by atoms with van der Waals surface area (Å²) >= 11 is 5.97. The van der Waals surface area contributed by atoms with Crippen LogP contribution in [0.2, 0.25) is 5.02 Å². The first-order chi connectivity index (χ1) is 13.5. The van der Waals surface area contributed by atoms with Gasteiger partial charge in [-0.15, -0.1) is 0 Å². The Morgan fingerprint density at radius 1 is 1.18 bits per heavy atom. The quantitative estimate of drug-likeness (QED) is 0.519. The molecule has 1 N–H and O–H groups in total. The van der Waals surface area contributed by atoms with Crippen LogP contribution in [0, 0.1) is 6.92 Å². The van der Waals surface area contributed by atoms with Crippen molar-refractivity contribution in [2.24, 2.45) is 0 Å². The molecule has 0 saturated carbocycles. The highest BCUT2D eigenvalue weighted by molar-refractivity contribution is 6.30. The average molecular weight is 394 g/mol. The van der Waals surface area contributed by atoms with E-state index in [2.05, 4.69) is 9.97 Å². The minimum atomic E-state index is -0.928. The molecule has 6 nitrogen and oxygen atoms in total. The number of carboxylic acids is 1. The maximum absolute atomic E-state index is 11.4. The molecule has 2 heterocycles. The van der Waals surface area contributed by atoms with Crippen molar-refractivity contribution in [3.05, 3.63) is 71.8 Å². The molecule has 0 spiro atoms. The molecule has 2 aromatic heterocycles. The summed E-state index contributed by atoms with van der Waals surface area (Å²) in [7, 11) is 0. The zero-order chi connectivity index (χ0) is 19.7. The molecule has 4 aromatic rings. The average Bonchev–Trinajstić information content (AvgIpc) is 2.96. The zero-order valence-corrected chi connectivity index (χ0v) is 15.7. The van der Waals surface area contributed by atoms with E-state index in [4.69, 9.17) is 16.3 Å². The van der Waals surface area contributed by atoms with Gasteiger partial charge in [0.05, 0.1) is 28.5 Å².